The molecule has 0 spiro atoms. The molecule has 1 aromatic rings. The minimum atomic E-state index is 0.0674. The molecule has 1 aromatic carbocycles. The van der Waals surface area contributed by atoms with Crippen LogP contribution in [0.2, 0.25) is 0 Å². The monoisotopic (exact) mass is 248 g/mol. The first-order chi connectivity index (χ1) is 8.78. The predicted molar refractivity (Wildman–Crippen MR) is 70.7 cm³/mol. The van der Waals surface area contributed by atoms with E-state index < -0.39 is 0 Å². The fourth-order valence-electron chi connectivity index (χ4n) is 1.76. The van der Waals surface area contributed by atoms with E-state index in [2.05, 4.69) is 10.6 Å². The van der Waals surface area contributed by atoms with Crippen molar-refractivity contribution in [3.05, 3.63) is 29.8 Å². The lowest BCUT2D eigenvalue weighted by molar-refractivity contribution is -0.120. The third-order valence-corrected chi connectivity index (χ3v) is 2.98. The van der Waals surface area contributed by atoms with E-state index in [0.717, 1.165) is 17.9 Å². The molecule has 0 atom stereocenters. The number of rotatable bonds is 7. The number of hydrogen-bond donors (Lipinski definition) is 2. The van der Waals surface area contributed by atoms with Gasteiger partial charge >= 0.3 is 0 Å². The highest BCUT2D eigenvalue weighted by Crippen LogP contribution is 2.17. The fraction of sp³-hybridized carbons (Fsp3) is 0.500. The van der Waals surface area contributed by atoms with Crippen molar-refractivity contribution in [3.8, 4) is 5.75 Å². The minimum absolute atomic E-state index is 0.0674. The number of carbonyl (C=O) groups excluding carboxylic acids is 1. The highest BCUT2D eigenvalue weighted by Gasteiger charge is 2.19. The second-order valence-corrected chi connectivity index (χ2v) is 4.60. The van der Waals surface area contributed by atoms with Crippen molar-refractivity contribution in [1.29, 1.82) is 0 Å². The molecule has 1 fully saturated rings. The molecule has 1 saturated carbocycles. The summed E-state index contributed by atoms with van der Waals surface area (Å²) in [5.41, 5.74) is 1.00. The Morgan fingerprint density at radius 1 is 1.28 bits per heavy atom. The Balaban J connectivity index is 1.65. The maximum atomic E-state index is 11.7. The standard InChI is InChI=1S/C14H20N2O2/c1-18-13-6-2-11(3-7-13)10-14(17)16-9-8-15-12-4-5-12/h2-3,6-7,12,15H,4-5,8-10H2,1H3,(H,16,17). The van der Waals surface area contributed by atoms with Crippen molar-refractivity contribution in [2.24, 2.45) is 0 Å². The Hall–Kier alpha value is -1.55. The molecule has 98 valence electrons. The third kappa shape index (κ3) is 4.37. The summed E-state index contributed by atoms with van der Waals surface area (Å²) in [7, 11) is 1.63. The van der Waals surface area contributed by atoms with Crippen molar-refractivity contribution < 1.29 is 9.53 Å². The molecule has 1 aliphatic rings. The number of methoxy groups -OCH3 is 1. The number of hydrogen-bond acceptors (Lipinski definition) is 3. The van der Waals surface area contributed by atoms with E-state index in [0.29, 0.717) is 19.0 Å². The van der Waals surface area contributed by atoms with Crippen LogP contribution in [0.5, 0.6) is 5.75 Å². The summed E-state index contributed by atoms with van der Waals surface area (Å²) in [5, 5.41) is 6.27. The summed E-state index contributed by atoms with van der Waals surface area (Å²) in [4.78, 5) is 11.7. The van der Waals surface area contributed by atoms with Crippen LogP contribution in [0.15, 0.2) is 24.3 Å². The van der Waals surface area contributed by atoms with Gasteiger partial charge in [-0.1, -0.05) is 12.1 Å². The van der Waals surface area contributed by atoms with Crippen molar-refractivity contribution in [2.75, 3.05) is 20.2 Å². The molecule has 18 heavy (non-hydrogen) atoms. The van der Waals surface area contributed by atoms with Crippen molar-refractivity contribution in [1.82, 2.24) is 10.6 Å². The summed E-state index contributed by atoms with van der Waals surface area (Å²) < 4.78 is 5.07. The topological polar surface area (TPSA) is 50.4 Å². The first-order valence-electron chi connectivity index (χ1n) is 6.41. The van der Waals surface area contributed by atoms with Crippen LogP contribution < -0.4 is 15.4 Å². The van der Waals surface area contributed by atoms with Crippen LogP contribution in [0.3, 0.4) is 0 Å². The minimum Gasteiger partial charge on any atom is -0.497 e. The van der Waals surface area contributed by atoms with Crippen molar-refractivity contribution in [2.45, 2.75) is 25.3 Å². The third-order valence-electron chi connectivity index (χ3n) is 2.98. The van der Waals surface area contributed by atoms with Gasteiger partial charge in [0.05, 0.1) is 13.5 Å². The van der Waals surface area contributed by atoms with E-state index in [4.69, 9.17) is 4.74 Å². The van der Waals surface area contributed by atoms with Gasteiger partial charge in [0.15, 0.2) is 0 Å². The summed E-state index contributed by atoms with van der Waals surface area (Å²) in [6.07, 6.45) is 2.98. The lowest BCUT2D eigenvalue weighted by Gasteiger charge is -2.06. The van der Waals surface area contributed by atoms with Crippen LogP contribution in [-0.2, 0) is 11.2 Å². The lowest BCUT2D eigenvalue weighted by atomic mass is 10.1. The number of benzene rings is 1. The summed E-state index contributed by atoms with van der Waals surface area (Å²) >= 11 is 0. The van der Waals surface area contributed by atoms with E-state index in [1.165, 1.54) is 12.8 Å². The molecule has 0 heterocycles. The molecule has 0 aromatic heterocycles. The Morgan fingerprint density at radius 3 is 2.61 bits per heavy atom. The second-order valence-electron chi connectivity index (χ2n) is 4.60. The van der Waals surface area contributed by atoms with Crippen LogP contribution in [0.25, 0.3) is 0 Å². The molecule has 4 heteroatoms. The second kappa shape index (κ2) is 6.40. The quantitative estimate of drug-likeness (QED) is 0.711. The maximum absolute atomic E-state index is 11.7. The van der Waals surface area contributed by atoms with Crippen LogP contribution in [0.1, 0.15) is 18.4 Å². The number of carbonyl (C=O) groups is 1. The van der Waals surface area contributed by atoms with Gasteiger partial charge in [-0.25, -0.2) is 0 Å². The van der Waals surface area contributed by atoms with Gasteiger partial charge in [-0.15, -0.1) is 0 Å². The lowest BCUT2D eigenvalue weighted by Crippen LogP contribution is -2.33. The number of ether oxygens (including phenoxy) is 1. The summed E-state index contributed by atoms with van der Waals surface area (Å²) in [6, 6.07) is 8.28. The summed E-state index contributed by atoms with van der Waals surface area (Å²) in [5.74, 6) is 0.880. The van der Waals surface area contributed by atoms with E-state index in [1.807, 2.05) is 24.3 Å². The Labute approximate surface area is 108 Å². The molecule has 0 unspecified atom stereocenters. The number of amides is 1. The Kier molecular flexibility index (Phi) is 4.59. The molecule has 2 rings (SSSR count). The largest absolute Gasteiger partial charge is 0.497 e. The van der Waals surface area contributed by atoms with Gasteiger partial charge in [-0.05, 0) is 30.5 Å². The molecule has 0 saturated heterocycles. The average Bonchev–Trinajstić information content (AvgIpc) is 3.20. The Morgan fingerprint density at radius 2 is 2.00 bits per heavy atom. The maximum Gasteiger partial charge on any atom is 0.224 e. The zero-order valence-electron chi connectivity index (χ0n) is 10.7. The van der Waals surface area contributed by atoms with Crippen LogP contribution >= 0.6 is 0 Å². The van der Waals surface area contributed by atoms with E-state index >= 15 is 0 Å². The van der Waals surface area contributed by atoms with E-state index in [1.54, 1.807) is 7.11 Å². The van der Waals surface area contributed by atoms with Gasteiger partial charge in [0.25, 0.3) is 0 Å². The normalized spacial score (nSPS) is 14.3. The van der Waals surface area contributed by atoms with Gasteiger partial charge in [0.1, 0.15) is 5.75 Å². The van der Waals surface area contributed by atoms with Gasteiger partial charge in [0.2, 0.25) is 5.91 Å². The van der Waals surface area contributed by atoms with Crippen LogP contribution in [0, 0.1) is 0 Å². The molecule has 2 N–H and O–H groups in total. The highest BCUT2D eigenvalue weighted by molar-refractivity contribution is 5.78. The summed E-state index contributed by atoms with van der Waals surface area (Å²) in [6.45, 7) is 1.56. The smallest absolute Gasteiger partial charge is 0.224 e. The molecule has 0 bridgehead atoms. The van der Waals surface area contributed by atoms with Crippen LogP contribution in [-0.4, -0.2) is 32.1 Å². The van der Waals surface area contributed by atoms with E-state index in [9.17, 15) is 4.79 Å². The van der Waals surface area contributed by atoms with Crippen LogP contribution in [0.4, 0.5) is 0 Å². The first kappa shape index (κ1) is 12.9. The SMILES string of the molecule is COc1ccc(CC(=O)NCCNC2CC2)cc1. The van der Waals surface area contributed by atoms with E-state index in [-0.39, 0.29) is 5.91 Å². The molecule has 1 aliphatic carbocycles. The molecule has 4 nitrogen and oxygen atoms in total. The first-order valence-corrected chi connectivity index (χ1v) is 6.41. The highest BCUT2D eigenvalue weighted by atomic mass is 16.5. The molecule has 0 aliphatic heterocycles. The van der Waals surface area contributed by atoms with Gasteiger partial charge in [-0.2, -0.15) is 0 Å². The number of nitrogens with one attached hydrogen (secondary N) is 2. The molecular weight excluding hydrogens is 228 g/mol. The Bertz CT molecular complexity index is 385. The van der Waals surface area contributed by atoms with Gasteiger partial charge in [-0.3, -0.25) is 4.79 Å². The molecule has 1 amide bonds. The average molecular weight is 248 g/mol. The van der Waals surface area contributed by atoms with Crippen molar-refractivity contribution in [3.63, 3.8) is 0 Å². The zero-order valence-corrected chi connectivity index (χ0v) is 10.7. The van der Waals surface area contributed by atoms with Crippen molar-refractivity contribution >= 4 is 5.91 Å². The zero-order chi connectivity index (χ0) is 12.8. The predicted octanol–water partition coefficient (Wildman–Crippen LogP) is 1.11. The fourth-order valence-corrected chi connectivity index (χ4v) is 1.76. The molecular formula is C14H20N2O2. The molecule has 0 radical (unpaired) electrons. The van der Waals surface area contributed by atoms with Gasteiger partial charge in [0, 0.05) is 19.1 Å². The van der Waals surface area contributed by atoms with Gasteiger partial charge < -0.3 is 15.4 Å².